The van der Waals surface area contributed by atoms with E-state index in [2.05, 4.69) is 4.90 Å². The molecule has 1 aromatic rings. The summed E-state index contributed by atoms with van der Waals surface area (Å²) >= 11 is 5.79. The summed E-state index contributed by atoms with van der Waals surface area (Å²) < 4.78 is 4.74. The Morgan fingerprint density at radius 3 is 2.70 bits per heavy atom. The van der Waals surface area contributed by atoms with E-state index in [0.717, 1.165) is 13.0 Å². The number of hydrogen-bond acceptors (Lipinski definition) is 4. The van der Waals surface area contributed by atoms with Gasteiger partial charge in [-0.05, 0) is 37.2 Å². The Morgan fingerprint density at radius 2 is 2.05 bits per heavy atom. The first-order valence-corrected chi connectivity index (χ1v) is 7.07. The quantitative estimate of drug-likeness (QED) is 0.618. The van der Waals surface area contributed by atoms with E-state index >= 15 is 0 Å². The van der Waals surface area contributed by atoms with Crippen LogP contribution in [0, 0.1) is 5.92 Å². The van der Waals surface area contributed by atoms with Gasteiger partial charge in [-0.2, -0.15) is 0 Å². The molecule has 0 radical (unpaired) electrons. The molecule has 0 N–H and O–H groups in total. The molecular formula is C15H18ClNO3. The first-order chi connectivity index (χ1) is 9.60. The summed E-state index contributed by atoms with van der Waals surface area (Å²) in [5.41, 5.74) is 0.679. The maximum atomic E-state index is 12.0. The smallest absolute Gasteiger partial charge is 0.310 e. The zero-order valence-electron chi connectivity index (χ0n) is 11.5. The van der Waals surface area contributed by atoms with Gasteiger partial charge >= 0.3 is 5.97 Å². The Labute approximate surface area is 123 Å². The molecule has 5 heteroatoms. The first-order valence-electron chi connectivity index (χ1n) is 6.69. The van der Waals surface area contributed by atoms with Gasteiger partial charge in [0.1, 0.15) is 0 Å². The molecule has 0 aromatic heterocycles. The zero-order chi connectivity index (χ0) is 14.5. The van der Waals surface area contributed by atoms with Crippen molar-refractivity contribution < 1.29 is 14.3 Å². The van der Waals surface area contributed by atoms with Crippen molar-refractivity contribution >= 4 is 23.4 Å². The molecule has 0 aliphatic carbocycles. The molecule has 0 saturated carbocycles. The van der Waals surface area contributed by atoms with Crippen LogP contribution in [0.3, 0.4) is 0 Å². The fourth-order valence-electron chi connectivity index (χ4n) is 2.43. The SMILES string of the molecule is COC(=O)C1CCN(CCC(=O)c2ccc(Cl)cc2)C1. The van der Waals surface area contributed by atoms with Crippen molar-refractivity contribution in [3.63, 3.8) is 0 Å². The molecule has 1 aliphatic rings. The van der Waals surface area contributed by atoms with Gasteiger partial charge in [0.05, 0.1) is 13.0 Å². The number of nitrogens with zero attached hydrogens (tertiary/aromatic N) is 1. The number of ether oxygens (including phenoxy) is 1. The number of likely N-dealkylation sites (tertiary alicyclic amines) is 1. The maximum absolute atomic E-state index is 12.0. The number of carbonyl (C=O) groups excluding carboxylic acids is 2. The van der Waals surface area contributed by atoms with Crippen LogP contribution < -0.4 is 0 Å². The van der Waals surface area contributed by atoms with Crippen LogP contribution in [0.15, 0.2) is 24.3 Å². The number of hydrogen-bond donors (Lipinski definition) is 0. The molecule has 0 spiro atoms. The van der Waals surface area contributed by atoms with Crippen LogP contribution in [0.5, 0.6) is 0 Å². The van der Waals surface area contributed by atoms with Crippen molar-refractivity contribution in [2.75, 3.05) is 26.7 Å². The van der Waals surface area contributed by atoms with Crippen LogP contribution >= 0.6 is 11.6 Å². The second kappa shape index (κ2) is 6.86. The number of rotatable bonds is 5. The zero-order valence-corrected chi connectivity index (χ0v) is 12.2. The molecule has 1 aromatic carbocycles. The molecule has 1 aliphatic heterocycles. The lowest BCUT2D eigenvalue weighted by molar-refractivity contribution is -0.144. The Balaban J connectivity index is 1.80. The predicted molar refractivity (Wildman–Crippen MR) is 77.0 cm³/mol. The Morgan fingerprint density at radius 1 is 1.35 bits per heavy atom. The molecule has 108 valence electrons. The molecule has 2 rings (SSSR count). The standard InChI is InChI=1S/C15H18ClNO3/c1-20-15(19)12-6-8-17(10-12)9-7-14(18)11-2-4-13(16)5-3-11/h2-5,12H,6-10H2,1H3. The number of ketones is 1. The molecule has 1 unspecified atom stereocenters. The van der Waals surface area contributed by atoms with Crippen molar-refractivity contribution in [1.82, 2.24) is 4.90 Å². The summed E-state index contributed by atoms with van der Waals surface area (Å²) in [6.45, 7) is 2.20. The average Bonchev–Trinajstić information content (AvgIpc) is 2.93. The Kier molecular flexibility index (Phi) is 5.15. The number of methoxy groups -OCH3 is 1. The van der Waals surface area contributed by atoms with Crippen molar-refractivity contribution in [2.45, 2.75) is 12.8 Å². The summed E-state index contributed by atoms with van der Waals surface area (Å²) in [4.78, 5) is 25.6. The topological polar surface area (TPSA) is 46.6 Å². The van der Waals surface area contributed by atoms with Crippen molar-refractivity contribution in [2.24, 2.45) is 5.92 Å². The summed E-state index contributed by atoms with van der Waals surface area (Å²) in [7, 11) is 1.41. The van der Waals surface area contributed by atoms with Gasteiger partial charge in [0.2, 0.25) is 0 Å². The van der Waals surface area contributed by atoms with Gasteiger partial charge in [-0.3, -0.25) is 9.59 Å². The number of carbonyl (C=O) groups is 2. The lowest BCUT2D eigenvalue weighted by atomic mass is 10.1. The largest absolute Gasteiger partial charge is 0.469 e. The van der Waals surface area contributed by atoms with Gasteiger partial charge in [-0.25, -0.2) is 0 Å². The van der Waals surface area contributed by atoms with Crippen LogP contribution in [-0.2, 0) is 9.53 Å². The summed E-state index contributed by atoms with van der Waals surface area (Å²) in [5, 5.41) is 0.627. The molecular weight excluding hydrogens is 278 g/mol. The van der Waals surface area contributed by atoms with Gasteiger partial charge in [0.15, 0.2) is 5.78 Å². The van der Waals surface area contributed by atoms with E-state index in [1.807, 2.05) is 0 Å². The maximum Gasteiger partial charge on any atom is 0.310 e. The normalized spacial score (nSPS) is 19.0. The van der Waals surface area contributed by atoms with Gasteiger partial charge in [-0.15, -0.1) is 0 Å². The molecule has 1 atom stereocenters. The fourth-order valence-corrected chi connectivity index (χ4v) is 2.56. The van der Waals surface area contributed by atoms with Crippen LogP contribution in [0.1, 0.15) is 23.2 Å². The third-order valence-corrected chi connectivity index (χ3v) is 3.88. The van der Waals surface area contributed by atoms with Gasteiger partial charge < -0.3 is 9.64 Å². The highest BCUT2D eigenvalue weighted by atomic mass is 35.5. The minimum absolute atomic E-state index is 0.0503. The summed E-state index contributed by atoms with van der Waals surface area (Å²) in [5.74, 6) is -0.106. The average molecular weight is 296 g/mol. The number of halogens is 1. The lowest BCUT2D eigenvalue weighted by Crippen LogP contribution is -2.26. The number of benzene rings is 1. The van der Waals surface area contributed by atoms with E-state index in [1.165, 1.54) is 7.11 Å². The van der Waals surface area contributed by atoms with E-state index < -0.39 is 0 Å². The Hall–Kier alpha value is -1.39. The second-order valence-electron chi connectivity index (χ2n) is 4.99. The van der Waals surface area contributed by atoms with E-state index in [4.69, 9.17) is 16.3 Å². The molecule has 0 bridgehead atoms. The summed E-state index contributed by atoms with van der Waals surface area (Å²) in [6.07, 6.45) is 1.26. The lowest BCUT2D eigenvalue weighted by Gasteiger charge is -2.14. The van der Waals surface area contributed by atoms with Crippen LogP contribution in [0.2, 0.25) is 5.02 Å². The molecule has 0 amide bonds. The van der Waals surface area contributed by atoms with Gasteiger partial charge in [0, 0.05) is 30.1 Å². The van der Waals surface area contributed by atoms with Crippen LogP contribution in [0.4, 0.5) is 0 Å². The van der Waals surface area contributed by atoms with E-state index in [9.17, 15) is 9.59 Å². The van der Waals surface area contributed by atoms with Crippen LogP contribution in [-0.4, -0.2) is 43.4 Å². The van der Waals surface area contributed by atoms with Gasteiger partial charge in [0.25, 0.3) is 0 Å². The third kappa shape index (κ3) is 3.81. The van der Waals surface area contributed by atoms with Gasteiger partial charge in [-0.1, -0.05) is 11.6 Å². The monoisotopic (exact) mass is 295 g/mol. The molecule has 20 heavy (non-hydrogen) atoms. The van der Waals surface area contributed by atoms with Crippen molar-refractivity contribution in [3.8, 4) is 0 Å². The Bertz CT molecular complexity index is 486. The first kappa shape index (κ1) is 15.0. The van der Waals surface area contributed by atoms with E-state index in [1.54, 1.807) is 24.3 Å². The minimum Gasteiger partial charge on any atom is -0.469 e. The van der Waals surface area contributed by atoms with E-state index in [0.29, 0.717) is 30.1 Å². The second-order valence-corrected chi connectivity index (χ2v) is 5.43. The molecule has 4 nitrogen and oxygen atoms in total. The summed E-state index contributed by atoms with van der Waals surface area (Å²) in [6, 6.07) is 6.92. The van der Waals surface area contributed by atoms with Crippen LogP contribution in [0.25, 0.3) is 0 Å². The highest BCUT2D eigenvalue weighted by Crippen LogP contribution is 2.18. The molecule has 1 heterocycles. The highest BCUT2D eigenvalue weighted by molar-refractivity contribution is 6.30. The highest BCUT2D eigenvalue weighted by Gasteiger charge is 2.28. The predicted octanol–water partition coefficient (Wildman–Crippen LogP) is 2.41. The molecule has 1 fully saturated rings. The van der Waals surface area contributed by atoms with Crippen molar-refractivity contribution in [3.05, 3.63) is 34.9 Å². The minimum atomic E-state index is -0.156. The number of Topliss-reactive ketones (excluding diaryl/α,β-unsaturated/α-hetero) is 1. The molecule has 1 saturated heterocycles. The number of esters is 1. The van der Waals surface area contributed by atoms with Crippen molar-refractivity contribution in [1.29, 1.82) is 0 Å². The third-order valence-electron chi connectivity index (χ3n) is 3.63. The van der Waals surface area contributed by atoms with E-state index in [-0.39, 0.29) is 17.7 Å². The fraction of sp³-hybridized carbons (Fsp3) is 0.467.